The third-order valence-corrected chi connectivity index (χ3v) is 11.1. The maximum atomic E-state index is 11.3. The van der Waals surface area contributed by atoms with Gasteiger partial charge in [0, 0.05) is 19.1 Å². The van der Waals surface area contributed by atoms with E-state index in [4.69, 9.17) is 13.9 Å². The Bertz CT molecular complexity index is 409. The Hall–Kier alpha value is -0.763. The van der Waals surface area contributed by atoms with Gasteiger partial charge in [-0.1, -0.05) is 41.5 Å². The van der Waals surface area contributed by atoms with Gasteiger partial charge in [0.15, 0.2) is 8.32 Å². The van der Waals surface area contributed by atoms with E-state index in [0.29, 0.717) is 42.7 Å². The lowest BCUT2D eigenvalue weighted by Crippen LogP contribution is -2.48. The average molecular weight is 360 g/mol. The molecule has 0 unspecified atom stereocenters. The SMILES string of the molecule is CC(C)[Si](OCC/C(=C\[C@@H]1CCOCO1)[N+](=O)[O-])(C(C)C)C(C)C. The Labute approximate surface area is 146 Å². The van der Waals surface area contributed by atoms with Crippen molar-refractivity contribution in [1.29, 1.82) is 0 Å². The van der Waals surface area contributed by atoms with Gasteiger partial charge in [-0.05, 0) is 16.6 Å². The highest BCUT2D eigenvalue weighted by Gasteiger charge is 2.45. The Morgan fingerprint density at radius 3 is 2.25 bits per heavy atom. The van der Waals surface area contributed by atoms with Crippen molar-refractivity contribution in [3.63, 3.8) is 0 Å². The van der Waals surface area contributed by atoms with E-state index in [1.807, 2.05) is 0 Å². The second kappa shape index (κ2) is 9.65. The lowest BCUT2D eigenvalue weighted by atomic mass is 10.2. The van der Waals surface area contributed by atoms with Crippen molar-refractivity contribution in [3.8, 4) is 0 Å². The molecule has 1 atom stereocenters. The van der Waals surface area contributed by atoms with Crippen molar-refractivity contribution >= 4 is 8.32 Å². The van der Waals surface area contributed by atoms with Crippen LogP contribution in [0.3, 0.4) is 0 Å². The molecule has 0 amide bonds. The molecule has 0 aromatic rings. The summed E-state index contributed by atoms with van der Waals surface area (Å²) in [4.78, 5) is 11.0. The van der Waals surface area contributed by atoms with Crippen LogP contribution in [0.5, 0.6) is 0 Å². The summed E-state index contributed by atoms with van der Waals surface area (Å²) >= 11 is 0. The van der Waals surface area contributed by atoms with Crippen molar-refractivity contribution in [3.05, 3.63) is 21.9 Å². The minimum absolute atomic E-state index is 0.182. The Morgan fingerprint density at radius 1 is 1.25 bits per heavy atom. The van der Waals surface area contributed by atoms with Gasteiger partial charge >= 0.3 is 0 Å². The van der Waals surface area contributed by atoms with Crippen LogP contribution in [-0.2, 0) is 13.9 Å². The molecule has 0 spiro atoms. The highest BCUT2D eigenvalue weighted by atomic mass is 28.4. The van der Waals surface area contributed by atoms with Gasteiger partial charge in [0.25, 0.3) is 0 Å². The highest BCUT2D eigenvalue weighted by Crippen LogP contribution is 2.42. The smallest absolute Gasteiger partial charge is 0.247 e. The minimum Gasteiger partial charge on any atom is -0.415 e. The molecule has 0 N–H and O–H groups in total. The van der Waals surface area contributed by atoms with Crippen LogP contribution in [-0.4, -0.2) is 39.4 Å². The summed E-state index contributed by atoms with van der Waals surface area (Å²) in [7, 11) is -1.98. The fourth-order valence-corrected chi connectivity index (χ4v) is 9.35. The van der Waals surface area contributed by atoms with Crippen LogP contribution in [0.4, 0.5) is 0 Å². The number of nitrogens with zero attached hydrogens (tertiary/aromatic N) is 1. The second-order valence-electron chi connectivity index (χ2n) is 7.35. The van der Waals surface area contributed by atoms with Gasteiger partial charge in [0.2, 0.25) is 5.70 Å². The van der Waals surface area contributed by atoms with Gasteiger partial charge in [0.05, 0.1) is 24.1 Å². The lowest BCUT2D eigenvalue weighted by Gasteiger charge is -2.42. The van der Waals surface area contributed by atoms with E-state index in [2.05, 4.69) is 41.5 Å². The summed E-state index contributed by atoms with van der Waals surface area (Å²) in [5, 5.41) is 11.3. The van der Waals surface area contributed by atoms with Crippen LogP contribution in [0.1, 0.15) is 54.4 Å². The number of hydrogen-bond donors (Lipinski definition) is 0. The summed E-state index contributed by atoms with van der Waals surface area (Å²) in [6.07, 6.45) is 2.35. The first-order valence-electron chi connectivity index (χ1n) is 8.90. The van der Waals surface area contributed by atoms with Crippen molar-refractivity contribution in [1.82, 2.24) is 0 Å². The third kappa shape index (κ3) is 5.37. The molecule has 0 bridgehead atoms. The molecule has 1 heterocycles. The molecule has 6 nitrogen and oxygen atoms in total. The maximum absolute atomic E-state index is 11.3. The quantitative estimate of drug-likeness (QED) is 0.344. The molecule has 0 radical (unpaired) electrons. The van der Waals surface area contributed by atoms with Gasteiger partial charge in [0.1, 0.15) is 6.79 Å². The van der Waals surface area contributed by atoms with Crippen molar-refractivity contribution in [2.24, 2.45) is 0 Å². The van der Waals surface area contributed by atoms with Gasteiger partial charge in [-0.25, -0.2) is 0 Å². The number of ether oxygens (including phenoxy) is 2. The minimum atomic E-state index is -1.98. The predicted molar refractivity (Wildman–Crippen MR) is 97.0 cm³/mol. The van der Waals surface area contributed by atoms with Crippen LogP contribution in [0.25, 0.3) is 0 Å². The van der Waals surface area contributed by atoms with Crippen molar-refractivity contribution in [2.45, 2.75) is 77.1 Å². The van der Waals surface area contributed by atoms with Gasteiger partial charge < -0.3 is 13.9 Å². The molecule has 1 rings (SSSR count). The van der Waals surface area contributed by atoms with Crippen molar-refractivity contribution in [2.75, 3.05) is 20.0 Å². The van der Waals surface area contributed by atoms with Gasteiger partial charge in [-0.2, -0.15) is 0 Å². The maximum Gasteiger partial charge on any atom is 0.247 e. The van der Waals surface area contributed by atoms with Crippen molar-refractivity contribution < 1.29 is 18.8 Å². The van der Waals surface area contributed by atoms with E-state index < -0.39 is 8.32 Å². The van der Waals surface area contributed by atoms with Crippen LogP contribution in [0.2, 0.25) is 16.6 Å². The molecule has 1 fully saturated rings. The molecular weight excluding hydrogens is 326 g/mol. The monoisotopic (exact) mass is 359 g/mol. The molecule has 0 aromatic carbocycles. The topological polar surface area (TPSA) is 70.8 Å². The Kier molecular flexibility index (Phi) is 8.56. The first kappa shape index (κ1) is 21.3. The summed E-state index contributed by atoms with van der Waals surface area (Å²) in [5.74, 6) is 0. The highest BCUT2D eigenvalue weighted by molar-refractivity contribution is 6.77. The molecule has 1 aliphatic heterocycles. The van der Waals surface area contributed by atoms with Crippen LogP contribution < -0.4 is 0 Å². The molecule has 0 aliphatic carbocycles. The van der Waals surface area contributed by atoms with E-state index >= 15 is 0 Å². The molecule has 0 saturated carbocycles. The molecular formula is C17H33NO5Si. The molecule has 1 saturated heterocycles. The van der Waals surface area contributed by atoms with E-state index in [9.17, 15) is 10.1 Å². The average Bonchev–Trinajstić information content (AvgIpc) is 2.50. The predicted octanol–water partition coefficient (Wildman–Crippen LogP) is 4.49. The largest absolute Gasteiger partial charge is 0.415 e. The molecule has 0 aromatic heterocycles. The first-order chi connectivity index (χ1) is 11.2. The number of nitro groups is 1. The zero-order valence-electron chi connectivity index (χ0n) is 15.9. The van der Waals surface area contributed by atoms with E-state index in [0.717, 1.165) is 0 Å². The van der Waals surface area contributed by atoms with Crippen LogP contribution in [0, 0.1) is 10.1 Å². The third-order valence-electron chi connectivity index (χ3n) is 4.94. The molecule has 24 heavy (non-hydrogen) atoms. The van der Waals surface area contributed by atoms with Crippen LogP contribution >= 0.6 is 0 Å². The van der Waals surface area contributed by atoms with E-state index in [-0.39, 0.29) is 23.5 Å². The summed E-state index contributed by atoms with van der Waals surface area (Å²) in [6, 6.07) is 0. The van der Waals surface area contributed by atoms with Crippen LogP contribution in [0.15, 0.2) is 11.8 Å². The lowest BCUT2D eigenvalue weighted by molar-refractivity contribution is -0.429. The summed E-state index contributed by atoms with van der Waals surface area (Å²) in [6.45, 7) is 14.5. The molecule has 7 heteroatoms. The molecule has 1 aliphatic rings. The standard InChI is InChI=1S/C17H33NO5Si/c1-13(2)24(14(3)4,15(5)6)23-10-7-16(18(19)20)11-17-8-9-21-12-22-17/h11,13-15,17H,7-10,12H2,1-6H3/b16-11+/t17-/m0/s1. The fraction of sp³-hybridized carbons (Fsp3) is 0.882. The van der Waals surface area contributed by atoms with E-state index in [1.165, 1.54) is 0 Å². The zero-order chi connectivity index (χ0) is 18.3. The second-order valence-corrected chi connectivity index (χ2v) is 12.8. The number of rotatable bonds is 9. The van der Waals surface area contributed by atoms with Gasteiger partial charge in [-0.15, -0.1) is 0 Å². The Morgan fingerprint density at radius 2 is 1.83 bits per heavy atom. The normalized spacial score (nSPS) is 20.2. The number of hydrogen-bond acceptors (Lipinski definition) is 5. The molecule has 140 valence electrons. The first-order valence-corrected chi connectivity index (χ1v) is 11.0. The summed E-state index contributed by atoms with van der Waals surface area (Å²) < 4.78 is 16.9. The van der Waals surface area contributed by atoms with E-state index in [1.54, 1.807) is 6.08 Å². The fourth-order valence-electron chi connectivity index (χ4n) is 3.89. The summed E-state index contributed by atoms with van der Waals surface area (Å²) in [5.41, 5.74) is 1.60. The van der Waals surface area contributed by atoms with Gasteiger partial charge in [-0.3, -0.25) is 10.1 Å². The zero-order valence-corrected chi connectivity index (χ0v) is 16.9. The Balaban J connectivity index is 2.75.